The molecule has 4 nitrogen and oxygen atoms in total. The highest BCUT2D eigenvalue weighted by atomic mass is 16.5. The molecular weight excluding hydrogens is 168 g/mol. The lowest BCUT2D eigenvalue weighted by molar-refractivity contribution is 0.0551. The molecular formula is C9H22N2O2. The van der Waals surface area contributed by atoms with Crippen LogP contribution in [0.2, 0.25) is 0 Å². The Balaban J connectivity index is 3.46. The van der Waals surface area contributed by atoms with Crippen molar-refractivity contribution in [1.29, 1.82) is 0 Å². The number of hydrogen-bond donors (Lipinski definition) is 2. The van der Waals surface area contributed by atoms with Gasteiger partial charge in [-0.1, -0.05) is 0 Å². The average Bonchev–Trinajstić information content (AvgIpc) is 2.12. The normalized spacial score (nSPS) is 13.6. The highest BCUT2D eigenvalue weighted by molar-refractivity contribution is 4.61. The summed E-state index contributed by atoms with van der Waals surface area (Å²) in [4.78, 5) is 2.07. The first kappa shape index (κ1) is 12.8. The smallest absolute Gasteiger partial charge is 0.0709 e. The van der Waals surface area contributed by atoms with Crippen LogP contribution >= 0.6 is 0 Å². The van der Waals surface area contributed by atoms with Crippen LogP contribution in [0.4, 0.5) is 0 Å². The molecule has 0 rings (SSSR count). The zero-order valence-electron chi connectivity index (χ0n) is 8.70. The number of ether oxygens (including phenoxy) is 1. The summed E-state index contributed by atoms with van der Waals surface area (Å²) in [5.74, 6) is 0. The number of aliphatic hydroxyl groups is 1. The van der Waals surface area contributed by atoms with Crippen molar-refractivity contribution in [3.8, 4) is 0 Å². The van der Waals surface area contributed by atoms with E-state index in [0.29, 0.717) is 19.7 Å². The van der Waals surface area contributed by atoms with Crippen molar-refractivity contribution in [3.05, 3.63) is 0 Å². The molecule has 0 saturated carbocycles. The third-order valence-corrected chi connectivity index (χ3v) is 1.98. The lowest BCUT2D eigenvalue weighted by atomic mass is 10.2. The van der Waals surface area contributed by atoms with Gasteiger partial charge in [-0.05, 0) is 20.4 Å². The molecule has 0 spiro atoms. The van der Waals surface area contributed by atoms with Crippen LogP contribution in [0.3, 0.4) is 0 Å². The maximum absolute atomic E-state index is 8.66. The molecule has 0 saturated heterocycles. The summed E-state index contributed by atoms with van der Waals surface area (Å²) < 4.78 is 5.41. The molecule has 0 amide bonds. The van der Waals surface area contributed by atoms with Gasteiger partial charge in [0.05, 0.1) is 12.7 Å². The predicted molar refractivity (Wildman–Crippen MR) is 53.7 cm³/mol. The van der Waals surface area contributed by atoms with Gasteiger partial charge in [0, 0.05) is 26.2 Å². The molecule has 0 aliphatic rings. The predicted octanol–water partition coefficient (Wildman–Crippen LogP) is -0.336. The maximum Gasteiger partial charge on any atom is 0.0709 e. The first-order chi connectivity index (χ1) is 6.24. The second-order valence-electron chi connectivity index (χ2n) is 3.13. The second-order valence-corrected chi connectivity index (χ2v) is 3.13. The molecule has 0 aromatic rings. The van der Waals surface area contributed by atoms with Crippen molar-refractivity contribution in [2.24, 2.45) is 5.73 Å². The van der Waals surface area contributed by atoms with E-state index in [2.05, 4.69) is 4.90 Å². The van der Waals surface area contributed by atoms with Crippen LogP contribution in [0.5, 0.6) is 0 Å². The molecule has 1 unspecified atom stereocenters. The molecule has 1 atom stereocenters. The van der Waals surface area contributed by atoms with Crippen LogP contribution in [-0.4, -0.2) is 56.0 Å². The van der Waals surface area contributed by atoms with E-state index in [1.807, 2.05) is 14.0 Å². The fraction of sp³-hybridized carbons (Fsp3) is 1.00. The number of rotatable bonds is 8. The second kappa shape index (κ2) is 8.44. The van der Waals surface area contributed by atoms with Gasteiger partial charge < -0.3 is 20.5 Å². The van der Waals surface area contributed by atoms with Gasteiger partial charge in [-0.2, -0.15) is 0 Å². The van der Waals surface area contributed by atoms with Crippen molar-refractivity contribution in [1.82, 2.24) is 4.90 Å². The van der Waals surface area contributed by atoms with Gasteiger partial charge in [0.25, 0.3) is 0 Å². The molecule has 3 N–H and O–H groups in total. The largest absolute Gasteiger partial charge is 0.395 e. The minimum Gasteiger partial charge on any atom is -0.395 e. The summed E-state index contributed by atoms with van der Waals surface area (Å²) in [6.45, 7) is 5.09. The monoisotopic (exact) mass is 190 g/mol. The number of likely N-dealkylation sites (N-methyl/N-ethyl adjacent to an activating group) is 1. The average molecular weight is 190 g/mol. The fourth-order valence-electron chi connectivity index (χ4n) is 1.15. The minimum absolute atomic E-state index is 0.158. The van der Waals surface area contributed by atoms with E-state index in [0.717, 1.165) is 13.0 Å². The zero-order chi connectivity index (χ0) is 10.1. The third-order valence-electron chi connectivity index (χ3n) is 1.98. The molecule has 0 aromatic carbocycles. The lowest BCUT2D eigenvalue weighted by Gasteiger charge is -2.19. The number of nitrogens with zero attached hydrogens (tertiary/aromatic N) is 1. The molecule has 0 aliphatic carbocycles. The summed E-state index contributed by atoms with van der Waals surface area (Å²) >= 11 is 0. The molecule has 0 radical (unpaired) electrons. The van der Waals surface area contributed by atoms with Crippen molar-refractivity contribution in [2.75, 3.05) is 39.9 Å². The molecule has 80 valence electrons. The summed E-state index contributed by atoms with van der Waals surface area (Å²) in [5, 5.41) is 8.66. The van der Waals surface area contributed by atoms with E-state index in [-0.39, 0.29) is 12.7 Å². The Morgan fingerprint density at radius 2 is 2.15 bits per heavy atom. The van der Waals surface area contributed by atoms with Gasteiger partial charge in [0.2, 0.25) is 0 Å². The van der Waals surface area contributed by atoms with Gasteiger partial charge in [-0.15, -0.1) is 0 Å². The molecule has 0 aliphatic heterocycles. The molecule has 13 heavy (non-hydrogen) atoms. The minimum atomic E-state index is 0.158. The zero-order valence-corrected chi connectivity index (χ0v) is 8.70. The fourth-order valence-corrected chi connectivity index (χ4v) is 1.15. The molecule has 4 heteroatoms. The molecule has 0 fully saturated rings. The van der Waals surface area contributed by atoms with Gasteiger partial charge in [-0.25, -0.2) is 0 Å². The van der Waals surface area contributed by atoms with Crippen LogP contribution in [0, 0.1) is 0 Å². The first-order valence-corrected chi connectivity index (χ1v) is 4.85. The summed E-state index contributed by atoms with van der Waals surface area (Å²) in [5.41, 5.74) is 5.53. The van der Waals surface area contributed by atoms with E-state index < -0.39 is 0 Å². The Morgan fingerprint density at radius 1 is 1.46 bits per heavy atom. The van der Waals surface area contributed by atoms with E-state index in [9.17, 15) is 0 Å². The van der Waals surface area contributed by atoms with E-state index in [1.54, 1.807) is 0 Å². The van der Waals surface area contributed by atoms with Gasteiger partial charge in [0.15, 0.2) is 0 Å². The van der Waals surface area contributed by atoms with Crippen molar-refractivity contribution in [3.63, 3.8) is 0 Å². The van der Waals surface area contributed by atoms with Crippen LogP contribution < -0.4 is 5.73 Å². The van der Waals surface area contributed by atoms with E-state index >= 15 is 0 Å². The summed E-state index contributed by atoms with van der Waals surface area (Å²) in [7, 11) is 1.98. The Bertz CT molecular complexity index is 112. The molecule has 0 aromatic heterocycles. The van der Waals surface area contributed by atoms with Crippen molar-refractivity contribution < 1.29 is 9.84 Å². The van der Waals surface area contributed by atoms with Gasteiger partial charge >= 0.3 is 0 Å². The van der Waals surface area contributed by atoms with Crippen LogP contribution in [0.1, 0.15) is 13.3 Å². The highest BCUT2D eigenvalue weighted by Gasteiger charge is 2.06. The van der Waals surface area contributed by atoms with Crippen LogP contribution in [0.15, 0.2) is 0 Å². The van der Waals surface area contributed by atoms with Gasteiger partial charge in [-0.3, -0.25) is 0 Å². The standard InChI is InChI=1S/C9H22N2O2/c1-3-13-9(8-10)4-5-11(2)6-7-12/h9,12H,3-8,10H2,1-2H3. The lowest BCUT2D eigenvalue weighted by Crippen LogP contribution is -2.31. The van der Waals surface area contributed by atoms with Crippen LogP contribution in [-0.2, 0) is 4.74 Å². The Labute approximate surface area is 80.7 Å². The quantitative estimate of drug-likeness (QED) is 0.550. The Morgan fingerprint density at radius 3 is 2.62 bits per heavy atom. The summed E-state index contributed by atoms with van der Waals surface area (Å²) in [6.07, 6.45) is 1.09. The highest BCUT2D eigenvalue weighted by Crippen LogP contribution is 1.98. The summed E-state index contributed by atoms with van der Waals surface area (Å²) in [6, 6.07) is 0. The number of aliphatic hydroxyl groups excluding tert-OH is 1. The van der Waals surface area contributed by atoms with Crippen LogP contribution in [0.25, 0.3) is 0 Å². The maximum atomic E-state index is 8.66. The van der Waals surface area contributed by atoms with E-state index in [4.69, 9.17) is 15.6 Å². The van der Waals surface area contributed by atoms with Crippen molar-refractivity contribution in [2.45, 2.75) is 19.4 Å². The third kappa shape index (κ3) is 6.95. The Hall–Kier alpha value is -0.160. The number of hydrogen-bond acceptors (Lipinski definition) is 4. The van der Waals surface area contributed by atoms with Crippen molar-refractivity contribution >= 4 is 0 Å². The number of nitrogens with two attached hydrogens (primary N) is 1. The van der Waals surface area contributed by atoms with Gasteiger partial charge in [0.1, 0.15) is 0 Å². The topological polar surface area (TPSA) is 58.7 Å². The van der Waals surface area contributed by atoms with E-state index in [1.165, 1.54) is 0 Å². The molecule has 0 bridgehead atoms. The SMILES string of the molecule is CCOC(CN)CCN(C)CCO. The first-order valence-electron chi connectivity index (χ1n) is 4.85. The molecule has 0 heterocycles. The Kier molecular flexibility index (Phi) is 8.33.